The highest BCUT2D eigenvalue weighted by Gasteiger charge is 2.13. The fraction of sp³-hybridized carbons (Fsp3) is 0. The molecule has 0 saturated heterocycles. The van der Waals surface area contributed by atoms with Gasteiger partial charge in [0.25, 0.3) is 5.91 Å². The fourth-order valence-corrected chi connectivity index (χ4v) is 1.97. The van der Waals surface area contributed by atoms with Gasteiger partial charge >= 0.3 is 0 Å². The SMILES string of the molecule is N#Cc1ccc(NC(=O)c2cc(S)ccc2Cl)c(F)c1. The third-order valence-corrected chi connectivity index (χ3v) is 3.15. The maximum absolute atomic E-state index is 13.7. The van der Waals surface area contributed by atoms with Crippen molar-refractivity contribution in [2.45, 2.75) is 4.90 Å². The van der Waals surface area contributed by atoms with Crippen LogP contribution in [0.1, 0.15) is 15.9 Å². The van der Waals surface area contributed by atoms with Crippen LogP contribution in [-0.4, -0.2) is 5.91 Å². The number of nitrogens with zero attached hydrogens (tertiary/aromatic N) is 1. The molecule has 0 aliphatic rings. The molecule has 0 aliphatic heterocycles. The Bertz CT molecular complexity index is 728. The molecule has 6 heteroatoms. The number of amides is 1. The van der Waals surface area contributed by atoms with Crippen LogP contribution in [0.15, 0.2) is 41.3 Å². The van der Waals surface area contributed by atoms with Crippen LogP contribution in [0, 0.1) is 17.1 Å². The summed E-state index contributed by atoms with van der Waals surface area (Å²) in [4.78, 5) is 12.6. The number of nitriles is 1. The third-order valence-electron chi connectivity index (χ3n) is 2.54. The summed E-state index contributed by atoms with van der Waals surface area (Å²) in [6.07, 6.45) is 0. The number of benzene rings is 2. The molecule has 2 rings (SSSR count). The molecule has 0 aromatic heterocycles. The Morgan fingerprint density at radius 1 is 1.30 bits per heavy atom. The lowest BCUT2D eigenvalue weighted by Crippen LogP contribution is -2.13. The predicted octanol–water partition coefficient (Wildman–Crippen LogP) is 3.89. The Morgan fingerprint density at radius 2 is 2.05 bits per heavy atom. The van der Waals surface area contributed by atoms with Crippen molar-refractivity contribution < 1.29 is 9.18 Å². The highest BCUT2D eigenvalue weighted by atomic mass is 35.5. The van der Waals surface area contributed by atoms with Crippen molar-refractivity contribution in [3.05, 3.63) is 58.4 Å². The van der Waals surface area contributed by atoms with Crippen molar-refractivity contribution in [3.8, 4) is 6.07 Å². The van der Waals surface area contributed by atoms with Crippen molar-refractivity contribution in [1.82, 2.24) is 0 Å². The van der Waals surface area contributed by atoms with Crippen LogP contribution in [0.3, 0.4) is 0 Å². The van der Waals surface area contributed by atoms with Gasteiger partial charge in [0.15, 0.2) is 0 Å². The van der Waals surface area contributed by atoms with Crippen molar-refractivity contribution in [2.75, 3.05) is 5.32 Å². The van der Waals surface area contributed by atoms with Crippen LogP contribution in [0.25, 0.3) is 0 Å². The normalized spacial score (nSPS) is 9.90. The van der Waals surface area contributed by atoms with E-state index in [2.05, 4.69) is 17.9 Å². The molecule has 2 aromatic carbocycles. The number of rotatable bonds is 2. The molecule has 0 bridgehead atoms. The van der Waals surface area contributed by atoms with Crippen LogP contribution in [0.2, 0.25) is 5.02 Å². The molecule has 0 radical (unpaired) electrons. The number of thiol groups is 1. The molecule has 0 saturated carbocycles. The zero-order chi connectivity index (χ0) is 14.7. The van der Waals surface area contributed by atoms with Gasteiger partial charge in [0, 0.05) is 4.90 Å². The molecule has 20 heavy (non-hydrogen) atoms. The highest BCUT2D eigenvalue weighted by molar-refractivity contribution is 7.80. The van der Waals surface area contributed by atoms with E-state index in [1.807, 2.05) is 6.07 Å². The lowest BCUT2D eigenvalue weighted by molar-refractivity contribution is 0.102. The number of hydrogen-bond acceptors (Lipinski definition) is 3. The van der Waals surface area contributed by atoms with Crippen LogP contribution in [-0.2, 0) is 0 Å². The fourth-order valence-electron chi connectivity index (χ4n) is 1.56. The van der Waals surface area contributed by atoms with Gasteiger partial charge in [0.05, 0.1) is 27.9 Å². The zero-order valence-electron chi connectivity index (χ0n) is 10.0. The summed E-state index contributed by atoms with van der Waals surface area (Å²) in [7, 11) is 0. The Morgan fingerprint density at radius 3 is 2.70 bits per heavy atom. The molecule has 1 amide bonds. The average molecular weight is 307 g/mol. The maximum Gasteiger partial charge on any atom is 0.257 e. The van der Waals surface area contributed by atoms with Crippen molar-refractivity contribution in [3.63, 3.8) is 0 Å². The largest absolute Gasteiger partial charge is 0.319 e. The van der Waals surface area contributed by atoms with Crippen LogP contribution in [0.4, 0.5) is 10.1 Å². The second-order valence-electron chi connectivity index (χ2n) is 3.92. The average Bonchev–Trinajstić information content (AvgIpc) is 2.43. The Hall–Kier alpha value is -2.03. The molecule has 0 aliphatic carbocycles. The van der Waals surface area contributed by atoms with E-state index in [1.54, 1.807) is 6.07 Å². The molecule has 3 nitrogen and oxygen atoms in total. The minimum absolute atomic E-state index is 0.0189. The van der Waals surface area contributed by atoms with E-state index in [1.165, 1.54) is 24.3 Å². The quantitative estimate of drug-likeness (QED) is 0.827. The Labute approximate surface area is 125 Å². The molecule has 1 N–H and O–H groups in total. The van der Waals surface area contributed by atoms with Gasteiger partial charge in [-0.2, -0.15) is 5.26 Å². The number of carbonyl (C=O) groups is 1. The van der Waals surface area contributed by atoms with E-state index in [0.717, 1.165) is 6.07 Å². The van der Waals surface area contributed by atoms with Gasteiger partial charge in [-0.3, -0.25) is 4.79 Å². The monoisotopic (exact) mass is 306 g/mol. The molecular formula is C14H8ClFN2OS. The summed E-state index contributed by atoms with van der Waals surface area (Å²) < 4.78 is 13.7. The van der Waals surface area contributed by atoms with Crippen LogP contribution in [0.5, 0.6) is 0 Å². The summed E-state index contributed by atoms with van der Waals surface area (Å²) in [6.45, 7) is 0. The molecule has 100 valence electrons. The van der Waals surface area contributed by atoms with E-state index >= 15 is 0 Å². The summed E-state index contributed by atoms with van der Waals surface area (Å²) >= 11 is 10.0. The van der Waals surface area contributed by atoms with Crippen LogP contribution >= 0.6 is 24.2 Å². The van der Waals surface area contributed by atoms with E-state index in [9.17, 15) is 9.18 Å². The van der Waals surface area contributed by atoms with Gasteiger partial charge < -0.3 is 5.32 Å². The van der Waals surface area contributed by atoms with Crippen molar-refractivity contribution >= 4 is 35.8 Å². The van der Waals surface area contributed by atoms with Gasteiger partial charge in [0.1, 0.15) is 5.82 Å². The zero-order valence-corrected chi connectivity index (χ0v) is 11.7. The molecule has 0 spiro atoms. The molecule has 2 aromatic rings. The first kappa shape index (κ1) is 14.4. The van der Waals surface area contributed by atoms with Crippen LogP contribution < -0.4 is 5.32 Å². The smallest absolute Gasteiger partial charge is 0.257 e. The number of nitrogens with one attached hydrogen (secondary N) is 1. The Kier molecular flexibility index (Phi) is 4.28. The standard InChI is InChI=1S/C14H8ClFN2OS/c15-11-3-2-9(20)6-10(11)14(19)18-13-4-1-8(7-17)5-12(13)16/h1-6,20H,(H,18,19). The van der Waals surface area contributed by atoms with Crippen molar-refractivity contribution in [1.29, 1.82) is 5.26 Å². The van der Waals surface area contributed by atoms with Crippen molar-refractivity contribution in [2.24, 2.45) is 0 Å². The number of halogens is 2. The highest BCUT2D eigenvalue weighted by Crippen LogP contribution is 2.22. The molecular weight excluding hydrogens is 299 g/mol. The molecule has 0 fully saturated rings. The van der Waals surface area contributed by atoms with E-state index in [0.29, 0.717) is 4.90 Å². The molecule has 0 unspecified atom stereocenters. The minimum atomic E-state index is -0.685. The topological polar surface area (TPSA) is 52.9 Å². The summed E-state index contributed by atoms with van der Waals surface area (Å²) in [5.74, 6) is -1.23. The van der Waals surface area contributed by atoms with E-state index in [4.69, 9.17) is 16.9 Å². The third kappa shape index (κ3) is 3.10. The van der Waals surface area contributed by atoms with E-state index < -0.39 is 11.7 Å². The van der Waals surface area contributed by atoms with E-state index in [-0.39, 0.29) is 21.8 Å². The van der Waals surface area contributed by atoms with Gasteiger partial charge in [-0.1, -0.05) is 11.6 Å². The first-order valence-electron chi connectivity index (χ1n) is 5.51. The Balaban J connectivity index is 2.28. The second-order valence-corrected chi connectivity index (χ2v) is 4.85. The maximum atomic E-state index is 13.7. The number of carbonyl (C=O) groups excluding carboxylic acids is 1. The summed E-state index contributed by atoms with van der Waals surface area (Å²) in [6, 6.07) is 10.3. The van der Waals surface area contributed by atoms with Gasteiger partial charge in [0.2, 0.25) is 0 Å². The first-order valence-corrected chi connectivity index (χ1v) is 6.33. The lowest BCUT2D eigenvalue weighted by Gasteiger charge is -2.08. The molecule has 0 atom stereocenters. The van der Waals surface area contributed by atoms with Gasteiger partial charge in [-0.15, -0.1) is 12.6 Å². The van der Waals surface area contributed by atoms with Gasteiger partial charge in [-0.25, -0.2) is 4.39 Å². The lowest BCUT2D eigenvalue weighted by atomic mass is 10.2. The van der Waals surface area contributed by atoms with Gasteiger partial charge in [-0.05, 0) is 36.4 Å². The number of hydrogen-bond donors (Lipinski definition) is 2. The molecule has 0 heterocycles. The number of anilines is 1. The minimum Gasteiger partial charge on any atom is -0.319 e. The predicted molar refractivity (Wildman–Crippen MR) is 77.8 cm³/mol. The first-order chi connectivity index (χ1) is 9.51. The summed E-state index contributed by atoms with van der Waals surface area (Å²) in [5, 5.41) is 11.3. The summed E-state index contributed by atoms with van der Waals surface area (Å²) in [5.41, 5.74) is 0.355. The second kappa shape index (κ2) is 5.95.